The van der Waals surface area contributed by atoms with Gasteiger partial charge in [0.25, 0.3) is 0 Å². The second kappa shape index (κ2) is 12.3. The molecule has 0 aliphatic carbocycles. The number of carbonyl (C=O) groups is 2. The van der Waals surface area contributed by atoms with Crippen molar-refractivity contribution in [2.75, 3.05) is 17.1 Å². The van der Waals surface area contributed by atoms with Gasteiger partial charge in [-0.05, 0) is 76.4 Å². The smallest absolute Gasteiger partial charge is 0.242 e. The highest BCUT2D eigenvalue weighted by atomic mass is 35.5. The number of rotatable bonds is 10. The molecule has 1 unspecified atom stereocenters. The first-order chi connectivity index (χ1) is 16.6. The summed E-state index contributed by atoms with van der Waals surface area (Å²) in [5.74, 6) is -0.534. The predicted molar refractivity (Wildman–Crippen MR) is 147 cm³/mol. The van der Waals surface area contributed by atoms with Gasteiger partial charge in [0.1, 0.15) is 6.04 Å². The van der Waals surface area contributed by atoms with Crippen LogP contribution in [0.5, 0.6) is 0 Å². The number of amides is 2. The topological polar surface area (TPSA) is 86.8 Å². The maximum absolute atomic E-state index is 13.4. The van der Waals surface area contributed by atoms with Crippen LogP contribution in [0.2, 0.25) is 10.0 Å². The van der Waals surface area contributed by atoms with E-state index < -0.39 is 21.6 Å². The summed E-state index contributed by atoms with van der Waals surface area (Å²) in [6.45, 7) is 9.40. The first kappa shape index (κ1) is 29.9. The number of nitrogens with one attached hydrogen (secondary N) is 1. The van der Waals surface area contributed by atoms with Crippen LogP contribution < -0.4 is 9.62 Å². The average Bonchev–Trinajstić information content (AvgIpc) is 2.74. The van der Waals surface area contributed by atoms with Crippen molar-refractivity contribution < 1.29 is 18.0 Å². The summed E-state index contributed by atoms with van der Waals surface area (Å²) in [5.41, 5.74) is 1.57. The normalized spacial score (nSPS) is 12.7. The number of hydrogen-bond acceptors (Lipinski definition) is 4. The Hall–Kier alpha value is -2.29. The molecule has 0 aliphatic rings. The van der Waals surface area contributed by atoms with Crippen molar-refractivity contribution in [3.8, 4) is 0 Å². The van der Waals surface area contributed by atoms with Crippen molar-refractivity contribution in [2.24, 2.45) is 0 Å². The molecule has 10 heteroatoms. The molecule has 1 N–H and O–H groups in total. The van der Waals surface area contributed by atoms with Gasteiger partial charge < -0.3 is 10.2 Å². The van der Waals surface area contributed by atoms with Gasteiger partial charge in [0, 0.05) is 35.1 Å². The molecule has 0 spiro atoms. The molecule has 0 bridgehead atoms. The molecule has 198 valence electrons. The minimum absolute atomic E-state index is 0.0549. The van der Waals surface area contributed by atoms with E-state index in [4.69, 9.17) is 23.2 Å². The molecule has 1 atom stereocenters. The monoisotopic (exact) mass is 555 g/mol. The maximum Gasteiger partial charge on any atom is 0.242 e. The van der Waals surface area contributed by atoms with Crippen LogP contribution in [-0.2, 0) is 26.2 Å². The summed E-state index contributed by atoms with van der Waals surface area (Å²) in [5, 5.41) is 3.88. The number of aryl methyl sites for hydroxylation is 1. The van der Waals surface area contributed by atoms with Gasteiger partial charge in [-0.3, -0.25) is 13.9 Å². The van der Waals surface area contributed by atoms with Gasteiger partial charge in [-0.2, -0.15) is 0 Å². The maximum atomic E-state index is 13.4. The standard InChI is InChI=1S/C26H35Cl2N3O4S/c1-18-12-13-22(28)16-23(18)31(36(6,34)35)14-8-11-24(32)30(17-20-9-7-10-21(27)15-20)19(2)25(33)29-26(3,4)5/h7,9-10,12-13,15-16,19H,8,11,14,17H2,1-6H3,(H,29,33). The minimum Gasteiger partial charge on any atom is -0.350 e. The van der Waals surface area contributed by atoms with Crippen molar-refractivity contribution in [3.05, 3.63) is 63.6 Å². The van der Waals surface area contributed by atoms with E-state index >= 15 is 0 Å². The SMILES string of the molecule is Cc1ccc(Cl)cc1N(CCCC(=O)N(Cc1cccc(Cl)c1)C(C)C(=O)NC(C)(C)C)S(C)(=O)=O. The van der Waals surface area contributed by atoms with Crippen LogP contribution in [0.1, 0.15) is 51.7 Å². The van der Waals surface area contributed by atoms with Crippen molar-refractivity contribution in [1.29, 1.82) is 0 Å². The number of carbonyl (C=O) groups excluding carboxylic acids is 2. The molecule has 0 aliphatic heterocycles. The zero-order chi connectivity index (χ0) is 27.3. The Morgan fingerprint density at radius 3 is 2.28 bits per heavy atom. The van der Waals surface area contributed by atoms with Gasteiger partial charge in [-0.1, -0.05) is 41.4 Å². The first-order valence-electron chi connectivity index (χ1n) is 11.7. The molecule has 0 radical (unpaired) electrons. The Bertz CT molecular complexity index is 1200. The number of nitrogens with zero attached hydrogens (tertiary/aromatic N) is 2. The van der Waals surface area contributed by atoms with Crippen LogP contribution >= 0.6 is 23.2 Å². The first-order valence-corrected chi connectivity index (χ1v) is 14.3. The van der Waals surface area contributed by atoms with Crippen LogP contribution in [0.4, 0.5) is 5.69 Å². The fourth-order valence-electron chi connectivity index (χ4n) is 3.72. The zero-order valence-electron chi connectivity index (χ0n) is 21.6. The van der Waals surface area contributed by atoms with Crippen LogP contribution in [0.15, 0.2) is 42.5 Å². The van der Waals surface area contributed by atoms with Crippen LogP contribution in [0.25, 0.3) is 0 Å². The molecule has 0 fully saturated rings. The molecule has 0 heterocycles. The summed E-state index contributed by atoms with van der Waals surface area (Å²) >= 11 is 12.2. The third-order valence-corrected chi connectivity index (χ3v) is 7.15. The zero-order valence-corrected chi connectivity index (χ0v) is 24.0. The summed E-state index contributed by atoms with van der Waals surface area (Å²) in [7, 11) is -3.61. The van der Waals surface area contributed by atoms with E-state index in [1.165, 1.54) is 9.21 Å². The Morgan fingerprint density at radius 1 is 1.06 bits per heavy atom. The lowest BCUT2D eigenvalue weighted by molar-refractivity contribution is -0.141. The molecule has 2 aromatic carbocycles. The minimum atomic E-state index is -3.61. The van der Waals surface area contributed by atoms with E-state index in [1.807, 2.05) is 26.8 Å². The molecule has 2 aromatic rings. The van der Waals surface area contributed by atoms with E-state index in [9.17, 15) is 18.0 Å². The number of anilines is 1. The Labute approximate surface area is 224 Å². The highest BCUT2D eigenvalue weighted by molar-refractivity contribution is 7.92. The van der Waals surface area contributed by atoms with Crippen LogP contribution in [0.3, 0.4) is 0 Å². The van der Waals surface area contributed by atoms with Crippen LogP contribution in [0, 0.1) is 6.92 Å². The van der Waals surface area contributed by atoms with Gasteiger partial charge >= 0.3 is 0 Å². The Balaban J connectivity index is 2.23. The third kappa shape index (κ3) is 8.98. The predicted octanol–water partition coefficient (Wildman–Crippen LogP) is 5.18. The van der Waals surface area contributed by atoms with Gasteiger partial charge in [-0.15, -0.1) is 0 Å². The molecule has 0 aromatic heterocycles. The number of hydrogen-bond donors (Lipinski definition) is 1. The molecule has 2 rings (SSSR count). The molecule has 36 heavy (non-hydrogen) atoms. The third-order valence-electron chi connectivity index (χ3n) is 5.50. The number of sulfonamides is 1. The van der Waals surface area contributed by atoms with E-state index in [1.54, 1.807) is 50.2 Å². The van der Waals surface area contributed by atoms with Crippen molar-refractivity contribution >= 4 is 50.7 Å². The average molecular weight is 557 g/mol. The fourth-order valence-corrected chi connectivity index (χ4v) is 5.12. The van der Waals surface area contributed by atoms with Gasteiger partial charge in [0.15, 0.2) is 0 Å². The van der Waals surface area contributed by atoms with E-state index in [2.05, 4.69) is 5.32 Å². The lowest BCUT2D eigenvalue weighted by atomic mass is 10.1. The fraction of sp³-hybridized carbons (Fsp3) is 0.462. The second-order valence-corrected chi connectivity index (χ2v) is 12.7. The molecule has 2 amide bonds. The molecular formula is C26H35Cl2N3O4S. The van der Waals surface area contributed by atoms with Crippen molar-refractivity contribution in [1.82, 2.24) is 10.2 Å². The number of halogens is 2. The number of benzene rings is 2. The van der Waals surface area contributed by atoms with Gasteiger partial charge in [-0.25, -0.2) is 8.42 Å². The largest absolute Gasteiger partial charge is 0.350 e. The second-order valence-electron chi connectivity index (χ2n) is 9.94. The molecule has 0 saturated heterocycles. The molecule has 0 saturated carbocycles. The molecule has 7 nitrogen and oxygen atoms in total. The summed E-state index contributed by atoms with van der Waals surface area (Å²) in [6, 6.07) is 11.4. The van der Waals surface area contributed by atoms with Gasteiger partial charge in [0.2, 0.25) is 21.8 Å². The van der Waals surface area contributed by atoms with Crippen molar-refractivity contribution in [2.45, 2.75) is 65.6 Å². The van der Waals surface area contributed by atoms with E-state index in [0.717, 1.165) is 17.4 Å². The quantitative estimate of drug-likeness (QED) is 0.437. The Morgan fingerprint density at radius 2 is 1.69 bits per heavy atom. The molecular weight excluding hydrogens is 521 g/mol. The van der Waals surface area contributed by atoms with Gasteiger partial charge in [0.05, 0.1) is 11.9 Å². The summed E-state index contributed by atoms with van der Waals surface area (Å²) in [6.07, 6.45) is 1.44. The highest BCUT2D eigenvalue weighted by Crippen LogP contribution is 2.27. The highest BCUT2D eigenvalue weighted by Gasteiger charge is 2.29. The van der Waals surface area contributed by atoms with E-state index in [-0.39, 0.29) is 37.7 Å². The lowest BCUT2D eigenvalue weighted by Crippen LogP contribution is -2.52. The lowest BCUT2D eigenvalue weighted by Gasteiger charge is -2.32. The summed E-state index contributed by atoms with van der Waals surface area (Å²) in [4.78, 5) is 27.8. The summed E-state index contributed by atoms with van der Waals surface area (Å²) < 4.78 is 26.3. The van der Waals surface area contributed by atoms with Crippen molar-refractivity contribution in [3.63, 3.8) is 0 Å². The Kier molecular flexibility index (Phi) is 10.2. The van der Waals surface area contributed by atoms with Crippen LogP contribution in [-0.4, -0.2) is 49.5 Å². The van der Waals surface area contributed by atoms with E-state index in [0.29, 0.717) is 15.7 Å².